The van der Waals surface area contributed by atoms with Gasteiger partial charge in [-0.3, -0.25) is 4.90 Å². The van der Waals surface area contributed by atoms with E-state index in [1.54, 1.807) is 23.9 Å². The molecule has 0 spiro atoms. The van der Waals surface area contributed by atoms with Gasteiger partial charge in [-0.1, -0.05) is 30.3 Å². The van der Waals surface area contributed by atoms with E-state index < -0.39 is 0 Å². The Balaban J connectivity index is 1.45. The number of tetrazole rings is 1. The minimum Gasteiger partial charge on any atom is -0.496 e. The molecule has 1 saturated heterocycles. The fourth-order valence-corrected chi connectivity index (χ4v) is 4.56. The molecular weight excluding hydrogens is 450 g/mol. The zero-order valence-electron chi connectivity index (χ0n) is 19.4. The lowest BCUT2D eigenvalue weighted by atomic mass is 10.0. The molecule has 0 unspecified atom stereocenters. The van der Waals surface area contributed by atoms with Crippen LogP contribution in [0, 0.1) is 11.6 Å². The van der Waals surface area contributed by atoms with Crippen LogP contribution in [-0.2, 0) is 6.54 Å². The molecule has 0 N–H and O–H groups in total. The van der Waals surface area contributed by atoms with Gasteiger partial charge >= 0.3 is 0 Å². The highest BCUT2D eigenvalue weighted by Crippen LogP contribution is 2.34. The van der Waals surface area contributed by atoms with Crippen molar-refractivity contribution < 1.29 is 13.5 Å². The SMILES string of the molecule is COc1ccccc1[C@H](c1nnnn1Cc1ccc(F)cc1)N1CCN(c2ccc(F)cc2)CC1. The highest BCUT2D eigenvalue weighted by Gasteiger charge is 2.32. The zero-order valence-corrected chi connectivity index (χ0v) is 19.4. The van der Waals surface area contributed by atoms with Gasteiger partial charge in [0.25, 0.3) is 0 Å². The third-order valence-electron chi connectivity index (χ3n) is 6.35. The van der Waals surface area contributed by atoms with Crippen molar-refractivity contribution in [3.8, 4) is 5.75 Å². The summed E-state index contributed by atoms with van der Waals surface area (Å²) in [7, 11) is 1.66. The van der Waals surface area contributed by atoms with Crippen LogP contribution < -0.4 is 9.64 Å². The number of ether oxygens (including phenoxy) is 1. The van der Waals surface area contributed by atoms with Crippen LogP contribution in [0.4, 0.5) is 14.5 Å². The summed E-state index contributed by atoms with van der Waals surface area (Å²) in [5, 5.41) is 12.6. The molecule has 1 aromatic heterocycles. The van der Waals surface area contributed by atoms with Crippen molar-refractivity contribution in [2.24, 2.45) is 0 Å². The van der Waals surface area contributed by atoms with Gasteiger partial charge in [0.05, 0.1) is 13.7 Å². The lowest BCUT2D eigenvalue weighted by molar-refractivity contribution is 0.198. The normalized spacial score (nSPS) is 15.2. The summed E-state index contributed by atoms with van der Waals surface area (Å²) in [5.74, 6) is 0.928. The Bertz CT molecular complexity index is 1250. The lowest BCUT2D eigenvalue weighted by Gasteiger charge is -2.40. The van der Waals surface area contributed by atoms with Gasteiger partial charge < -0.3 is 9.64 Å². The molecule has 0 radical (unpaired) electrons. The number of halogens is 2. The molecule has 0 amide bonds. The van der Waals surface area contributed by atoms with Gasteiger partial charge in [-0.25, -0.2) is 13.5 Å². The Hall–Kier alpha value is -3.85. The molecular formula is C26H26F2N6O. The van der Waals surface area contributed by atoms with Crippen LogP contribution in [0.15, 0.2) is 72.8 Å². The summed E-state index contributed by atoms with van der Waals surface area (Å²) in [6.07, 6.45) is 0. The number of aromatic nitrogens is 4. The van der Waals surface area contributed by atoms with Gasteiger partial charge in [0.15, 0.2) is 5.82 Å². The molecule has 35 heavy (non-hydrogen) atoms. The van der Waals surface area contributed by atoms with Crippen molar-refractivity contribution in [2.45, 2.75) is 12.6 Å². The molecule has 4 aromatic rings. The number of methoxy groups -OCH3 is 1. The van der Waals surface area contributed by atoms with Gasteiger partial charge in [0.2, 0.25) is 0 Å². The summed E-state index contributed by atoms with van der Waals surface area (Å²) >= 11 is 0. The smallest absolute Gasteiger partial charge is 0.173 e. The van der Waals surface area contributed by atoms with Crippen LogP contribution in [0.5, 0.6) is 5.75 Å². The summed E-state index contributed by atoms with van der Waals surface area (Å²) in [4.78, 5) is 4.58. The van der Waals surface area contributed by atoms with Crippen LogP contribution in [0.1, 0.15) is 23.0 Å². The van der Waals surface area contributed by atoms with Crippen molar-refractivity contribution in [1.29, 1.82) is 0 Å². The highest BCUT2D eigenvalue weighted by molar-refractivity contribution is 5.47. The van der Waals surface area contributed by atoms with Gasteiger partial charge in [-0.2, -0.15) is 0 Å². The lowest BCUT2D eigenvalue weighted by Crippen LogP contribution is -2.48. The van der Waals surface area contributed by atoms with E-state index in [9.17, 15) is 8.78 Å². The van der Waals surface area contributed by atoms with Crippen molar-refractivity contribution in [3.63, 3.8) is 0 Å². The van der Waals surface area contributed by atoms with Gasteiger partial charge in [0, 0.05) is 37.4 Å². The van der Waals surface area contributed by atoms with Crippen molar-refractivity contribution in [2.75, 3.05) is 38.2 Å². The second kappa shape index (κ2) is 10.2. The van der Waals surface area contributed by atoms with Crippen molar-refractivity contribution >= 4 is 5.69 Å². The van der Waals surface area contributed by atoms with Crippen LogP contribution in [0.3, 0.4) is 0 Å². The zero-order chi connectivity index (χ0) is 24.2. The van der Waals surface area contributed by atoms with E-state index in [4.69, 9.17) is 4.74 Å². The first-order valence-corrected chi connectivity index (χ1v) is 11.5. The fourth-order valence-electron chi connectivity index (χ4n) is 4.56. The standard InChI is InChI=1S/C26H26F2N6O/c1-35-24-5-3-2-4-23(24)25(26-29-30-31-34(26)18-19-6-8-20(27)9-7-19)33-16-14-32(15-17-33)22-12-10-21(28)11-13-22/h2-13,25H,14-18H2,1H3/t25-/m1/s1. The molecule has 0 aliphatic carbocycles. The molecule has 1 aliphatic heterocycles. The maximum atomic E-state index is 13.4. The Morgan fingerprint density at radius 2 is 1.51 bits per heavy atom. The second-order valence-corrected chi connectivity index (χ2v) is 8.47. The van der Waals surface area contributed by atoms with E-state index in [2.05, 4.69) is 25.3 Å². The summed E-state index contributed by atoms with van der Waals surface area (Å²) in [5.41, 5.74) is 2.88. The molecule has 5 rings (SSSR count). The number of nitrogens with zero attached hydrogens (tertiary/aromatic N) is 6. The van der Waals surface area contributed by atoms with E-state index in [0.29, 0.717) is 12.4 Å². The minimum absolute atomic E-state index is 0.239. The molecule has 2 heterocycles. The molecule has 0 bridgehead atoms. The molecule has 1 aliphatic rings. The highest BCUT2D eigenvalue weighted by atomic mass is 19.1. The van der Waals surface area contributed by atoms with Gasteiger partial charge in [-0.15, -0.1) is 5.10 Å². The number of hydrogen-bond acceptors (Lipinski definition) is 6. The third kappa shape index (κ3) is 5.00. The largest absolute Gasteiger partial charge is 0.496 e. The van der Waals surface area contributed by atoms with E-state index in [-0.39, 0.29) is 17.7 Å². The molecule has 1 fully saturated rings. The number of anilines is 1. The molecule has 7 nitrogen and oxygen atoms in total. The van der Waals surface area contributed by atoms with E-state index >= 15 is 0 Å². The Morgan fingerprint density at radius 1 is 0.857 bits per heavy atom. The Labute approximate surface area is 202 Å². The van der Waals surface area contributed by atoms with Crippen LogP contribution in [0.2, 0.25) is 0 Å². The number of rotatable bonds is 7. The summed E-state index contributed by atoms with van der Waals surface area (Å²) in [6, 6.07) is 20.6. The van der Waals surface area contributed by atoms with Gasteiger partial charge in [-0.05, 0) is 58.5 Å². The summed E-state index contributed by atoms with van der Waals surface area (Å²) in [6.45, 7) is 3.48. The molecule has 1 atom stereocenters. The topological polar surface area (TPSA) is 59.3 Å². The molecule has 9 heteroatoms. The number of piperazine rings is 1. The second-order valence-electron chi connectivity index (χ2n) is 8.47. The van der Waals surface area contributed by atoms with Crippen molar-refractivity contribution in [3.05, 3.63) is 101 Å². The first-order valence-electron chi connectivity index (χ1n) is 11.5. The number of hydrogen-bond donors (Lipinski definition) is 0. The average molecular weight is 477 g/mol. The maximum Gasteiger partial charge on any atom is 0.173 e. The van der Waals surface area contributed by atoms with Crippen LogP contribution in [-0.4, -0.2) is 58.4 Å². The Morgan fingerprint density at radius 3 is 2.20 bits per heavy atom. The first kappa shape index (κ1) is 22.9. The van der Waals surface area contributed by atoms with Crippen LogP contribution in [0.25, 0.3) is 0 Å². The summed E-state index contributed by atoms with van der Waals surface area (Å²) < 4.78 is 34.2. The third-order valence-corrected chi connectivity index (χ3v) is 6.35. The van der Waals surface area contributed by atoms with Crippen LogP contribution >= 0.6 is 0 Å². The Kier molecular flexibility index (Phi) is 6.67. The minimum atomic E-state index is -0.281. The van der Waals surface area contributed by atoms with E-state index in [0.717, 1.165) is 48.7 Å². The fraction of sp³-hybridized carbons (Fsp3) is 0.269. The van der Waals surface area contributed by atoms with E-state index in [1.807, 2.05) is 36.4 Å². The number of benzene rings is 3. The average Bonchev–Trinajstić information content (AvgIpc) is 3.34. The number of para-hydroxylation sites is 1. The first-order chi connectivity index (χ1) is 17.1. The maximum absolute atomic E-state index is 13.4. The quantitative estimate of drug-likeness (QED) is 0.403. The molecule has 0 saturated carbocycles. The molecule has 3 aromatic carbocycles. The molecule has 180 valence electrons. The predicted octanol–water partition coefficient (Wildman–Crippen LogP) is 3.92. The predicted molar refractivity (Wildman–Crippen MR) is 128 cm³/mol. The van der Waals surface area contributed by atoms with Crippen molar-refractivity contribution in [1.82, 2.24) is 25.1 Å². The van der Waals surface area contributed by atoms with E-state index in [1.165, 1.54) is 24.3 Å². The monoisotopic (exact) mass is 476 g/mol. The van der Waals surface area contributed by atoms with Gasteiger partial charge in [0.1, 0.15) is 23.4 Å².